The molecule has 0 aromatic heterocycles. The van der Waals surface area contributed by atoms with Crippen molar-refractivity contribution in [2.75, 3.05) is 11.7 Å². The van der Waals surface area contributed by atoms with Crippen LogP contribution in [0, 0.1) is 13.8 Å². The van der Waals surface area contributed by atoms with Gasteiger partial charge in [-0.25, -0.2) is 4.57 Å². The molecule has 3 aromatic carbocycles. The topological polar surface area (TPSA) is 56.8 Å². The van der Waals surface area contributed by atoms with Gasteiger partial charge in [0.1, 0.15) is 17.2 Å². The second kappa shape index (κ2) is 9.53. The van der Waals surface area contributed by atoms with Crippen LogP contribution < -0.4 is 18.9 Å². The molecule has 3 rings (SSSR count). The first-order valence-electron chi connectivity index (χ1n) is 9.60. The first-order valence-corrected chi connectivity index (χ1v) is 11.1. The number of ether oxygens (including phenoxy) is 1. The van der Waals surface area contributed by atoms with Crippen LogP contribution in [0.25, 0.3) is 0 Å². The minimum Gasteiger partial charge on any atom is -0.491 e. The van der Waals surface area contributed by atoms with E-state index in [9.17, 15) is 4.57 Å². The molecule has 3 aromatic rings. The van der Waals surface area contributed by atoms with Gasteiger partial charge in [0.25, 0.3) is 0 Å². The number of hydrogen-bond donors (Lipinski definition) is 1. The maximum Gasteiger partial charge on any atom is 0.541 e. The second-order valence-electron chi connectivity index (χ2n) is 6.76. The van der Waals surface area contributed by atoms with Gasteiger partial charge in [0.2, 0.25) is 0 Å². The van der Waals surface area contributed by atoms with Crippen LogP contribution >= 0.6 is 7.75 Å². The van der Waals surface area contributed by atoms with Crippen LogP contribution in [-0.4, -0.2) is 6.61 Å². The van der Waals surface area contributed by atoms with Gasteiger partial charge in [0.15, 0.2) is 0 Å². The molecule has 0 aliphatic carbocycles. The molecule has 0 radical (unpaired) electrons. The molecule has 0 atom stereocenters. The van der Waals surface area contributed by atoms with E-state index in [-0.39, 0.29) is 0 Å². The van der Waals surface area contributed by atoms with Gasteiger partial charge in [-0.15, -0.1) is 0 Å². The third-order valence-corrected chi connectivity index (χ3v) is 5.52. The lowest BCUT2D eigenvalue weighted by molar-refractivity contribution is 0.318. The van der Waals surface area contributed by atoms with Crippen molar-refractivity contribution in [3.8, 4) is 17.2 Å². The zero-order chi connectivity index (χ0) is 20.7. The van der Waals surface area contributed by atoms with Crippen molar-refractivity contribution in [3.05, 3.63) is 83.9 Å². The lowest BCUT2D eigenvalue weighted by Gasteiger charge is -2.22. The van der Waals surface area contributed by atoms with E-state index in [1.54, 1.807) is 30.3 Å². The molecule has 0 aliphatic rings. The number of anilines is 1. The highest BCUT2D eigenvalue weighted by atomic mass is 31.2. The fourth-order valence-corrected chi connectivity index (χ4v) is 3.99. The van der Waals surface area contributed by atoms with Gasteiger partial charge in [-0.05, 0) is 56.7 Å². The normalized spacial score (nSPS) is 11.0. The fraction of sp³-hybridized carbons (Fsp3) is 0.217. The van der Waals surface area contributed by atoms with Crippen LogP contribution in [-0.2, 0) is 4.57 Å². The highest BCUT2D eigenvalue weighted by Gasteiger charge is 2.30. The monoisotopic (exact) mass is 411 g/mol. The van der Waals surface area contributed by atoms with Gasteiger partial charge in [0.05, 0.1) is 12.3 Å². The molecule has 0 saturated heterocycles. The van der Waals surface area contributed by atoms with E-state index >= 15 is 0 Å². The van der Waals surface area contributed by atoms with Crippen molar-refractivity contribution in [1.29, 1.82) is 0 Å². The lowest BCUT2D eigenvalue weighted by Crippen LogP contribution is -2.11. The standard InChI is InChI=1S/C23H26NO4P/c1-4-17-26-23-8-6-5-7-22(23)24-29(25,27-20-13-9-18(2)10-14-20)28-21-15-11-19(3)12-16-21/h5-16H,4,17H2,1-3H3,(H,24,25). The summed E-state index contributed by atoms with van der Waals surface area (Å²) < 4.78 is 31.1. The molecular formula is C23H26NO4P. The highest BCUT2D eigenvalue weighted by Crippen LogP contribution is 2.49. The van der Waals surface area contributed by atoms with Gasteiger partial charge >= 0.3 is 7.75 Å². The van der Waals surface area contributed by atoms with Crippen LogP contribution in [0.3, 0.4) is 0 Å². The van der Waals surface area contributed by atoms with Gasteiger partial charge in [-0.3, -0.25) is 5.09 Å². The Morgan fingerprint density at radius 1 is 0.793 bits per heavy atom. The number of benzene rings is 3. The summed E-state index contributed by atoms with van der Waals surface area (Å²) in [7, 11) is -3.80. The molecule has 1 N–H and O–H groups in total. The van der Waals surface area contributed by atoms with Crippen LogP contribution in [0.4, 0.5) is 5.69 Å². The number of rotatable bonds is 9. The molecule has 0 unspecified atom stereocenters. The Labute approximate surface area is 172 Å². The predicted octanol–water partition coefficient (Wildman–Crippen LogP) is 6.77. The van der Waals surface area contributed by atoms with E-state index < -0.39 is 7.75 Å². The van der Waals surface area contributed by atoms with E-state index in [2.05, 4.69) is 5.09 Å². The van der Waals surface area contributed by atoms with Gasteiger partial charge < -0.3 is 13.8 Å². The van der Waals surface area contributed by atoms with Crippen LogP contribution in [0.5, 0.6) is 17.2 Å². The Bertz CT molecular complexity index is 919. The summed E-state index contributed by atoms with van der Waals surface area (Å²) in [5.41, 5.74) is 2.71. The largest absolute Gasteiger partial charge is 0.541 e. The molecule has 0 amide bonds. The molecule has 0 fully saturated rings. The molecule has 0 bridgehead atoms. The summed E-state index contributed by atoms with van der Waals surface area (Å²) >= 11 is 0. The second-order valence-corrected chi connectivity index (χ2v) is 8.35. The summed E-state index contributed by atoms with van der Waals surface area (Å²) in [6.07, 6.45) is 0.867. The zero-order valence-corrected chi connectivity index (χ0v) is 17.8. The summed E-state index contributed by atoms with van der Waals surface area (Å²) in [5.74, 6) is 1.49. The predicted molar refractivity (Wildman–Crippen MR) is 117 cm³/mol. The van der Waals surface area contributed by atoms with Crippen LogP contribution in [0.15, 0.2) is 72.8 Å². The number of aryl methyl sites for hydroxylation is 2. The quantitative estimate of drug-likeness (QED) is 0.394. The maximum absolute atomic E-state index is 13.7. The van der Waals surface area contributed by atoms with Crippen LogP contribution in [0.1, 0.15) is 24.5 Å². The smallest absolute Gasteiger partial charge is 0.491 e. The fourth-order valence-electron chi connectivity index (χ4n) is 2.58. The number of hydrogen-bond acceptors (Lipinski definition) is 4. The Morgan fingerprint density at radius 2 is 1.31 bits per heavy atom. The van der Waals surface area contributed by atoms with E-state index in [0.717, 1.165) is 17.5 Å². The summed E-state index contributed by atoms with van der Waals surface area (Å²) in [5, 5.41) is 2.95. The van der Waals surface area contributed by atoms with E-state index in [1.165, 1.54) is 0 Å². The first kappa shape index (κ1) is 20.8. The van der Waals surface area contributed by atoms with Crippen molar-refractivity contribution < 1.29 is 18.3 Å². The van der Waals surface area contributed by atoms with E-state index in [0.29, 0.717) is 29.5 Å². The van der Waals surface area contributed by atoms with E-state index in [4.69, 9.17) is 13.8 Å². The molecule has 0 spiro atoms. The Kier molecular flexibility index (Phi) is 6.84. The molecule has 5 nitrogen and oxygen atoms in total. The molecular weight excluding hydrogens is 385 g/mol. The average Bonchev–Trinajstić information content (AvgIpc) is 2.71. The van der Waals surface area contributed by atoms with Crippen molar-refractivity contribution >= 4 is 13.4 Å². The van der Waals surface area contributed by atoms with Crippen molar-refractivity contribution in [2.45, 2.75) is 27.2 Å². The Hall–Kier alpha value is -2.91. The molecule has 6 heteroatoms. The Balaban J connectivity index is 1.90. The minimum atomic E-state index is -3.80. The van der Waals surface area contributed by atoms with Gasteiger partial charge in [0, 0.05) is 0 Å². The van der Waals surface area contributed by atoms with Crippen molar-refractivity contribution in [3.63, 3.8) is 0 Å². The molecule has 152 valence electrons. The van der Waals surface area contributed by atoms with Crippen molar-refractivity contribution in [1.82, 2.24) is 0 Å². The summed E-state index contributed by atoms with van der Waals surface area (Å²) in [6.45, 7) is 6.54. The van der Waals surface area contributed by atoms with E-state index in [1.807, 2.05) is 63.2 Å². The molecule has 29 heavy (non-hydrogen) atoms. The third-order valence-electron chi connectivity index (χ3n) is 4.10. The number of nitrogens with one attached hydrogen (secondary N) is 1. The summed E-state index contributed by atoms with van der Waals surface area (Å²) in [4.78, 5) is 0. The zero-order valence-electron chi connectivity index (χ0n) is 16.9. The molecule has 0 aliphatic heterocycles. The molecule has 0 heterocycles. The maximum atomic E-state index is 13.7. The lowest BCUT2D eigenvalue weighted by atomic mass is 10.2. The minimum absolute atomic E-state index is 0.450. The highest BCUT2D eigenvalue weighted by molar-refractivity contribution is 7.56. The van der Waals surface area contributed by atoms with Gasteiger partial charge in [-0.2, -0.15) is 0 Å². The van der Waals surface area contributed by atoms with Crippen molar-refractivity contribution in [2.24, 2.45) is 0 Å². The Morgan fingerprint density at radius 3 is 1.83 bits per heavy atom. The molecule has 0 saturated carbocycles. The van der Waals surface area contributed by atoms with Gasteiger partial charge in [-0.1, -0.05) is 54.4 Å². The third kappa shape index (κ3) is 6.03. The first-order chi connectivity index (χ1) is 14.0. The number of para-hydroxylation sites is 2. The summed E-state index contributed by atoms with van der Waals surface area (Å²) in [6, 6.07) is 21.9. The average molecular weight is 411 g/mol. The van der Waals surface area contributed by atoms with Crippen LogP contribution in [0.2, 0.25) is 0 Å². The SMILES string of the molecule is CCCOc1ccccc1NP(=O)(Oc1ccc(C)cc1)Oc1ccc(C)cc1.